The monoisotopic (exact) mass is 212 g/mol. The molecule has 0 aromatic heterocycles. The standard InChI is InChI=1S/C11H13ClO2/c1-3-9-4-5-10(8-11(9)12)14-7-6-13-2/h3-5,8H,1,6-7H2,2H3. The second-order valence-electron chi connectivity index (χ2n) is 2.73. The average Bonchev–Trinajstić information content (AvgIpc) is 2.18. The molecule has 0 heterocycles. The highest BCUT2D eigenvalue weighted by atomic mass is 35.5. The number of methoxy groups -OCH3 is 1. The molecule has 0 bridgehead atoms. The summed E-state index contributed by atoms with van der Waals surface area (Å²) in [5, 5.41) is 0.648. The van der Waals surface area contributed by atoms with Crippen molar-refractivity contribution in [1.82, 2.24) is 0 Å². The fraction of sp³-hybridized carbons (Fsp3) is 0.273. The fourth-order valence-electron chi connectivity index (χ4n) is 1.01. The minimum absolute atomic E-state index is 0.528. The van der Waals surface area contributed by atoms with Crippen LogP contribution in [0.3, 0.4) is 0 Å². The highest BCUT2D eigenvalue weighted by molar-refractivity contribution is 6.32. The Morgan fingerprint density at radius 2 is 2.21 bits per heavy atom. The second kappa shape index (κ2) is 5.68. The summed E-state index contributed by atoms with van der Waals surface area (Å²) in [6.45, 7) is 4.75. The summed E-state index contributed by atoms with van der Waals surface area (Å²) in [6.07, 6.45) is 1.71. The molecule has 76 valence electrons. The van der Waals surface area contributed by atoms with E-state index in [0.29, 0.717) is 18.2 Å². The molecule has 0 saturated carbocycles. The molecule has 0 saturated heterocycles. The van der Waals surface area contributed by atoms with Gasteiger partial charge in [-0.15, -0.1) is 0 Å². The molecule has 1 aromatic rings. The van der Waals surface area contributed by atoms with Gasteiger partial charge in [-0.1, -0.05) is 24.3 Å². The molecule has 0 atom stereocenters. The molecule has 3 heteroatoms. The van der Waals surface area contributed by atoms with Gasteiger partial charge < -0.3 is 9.47 Å². The summed E-state index contributed by atoms with van der Waals surface area (Å²) in [5.74, 6) is 0.748. The van der Waals surface area contributed by atoms with Crippen LogP contribution in [0.15, 0.2) is 24.8 Å². The first-order chi connectivity index (χ1) is 6.77. The van der Waals surface area contributed by atoms with Crippen molar-refractivity contribution in [1.29, 1.82) is 0 Å². The number of ether oxygens (including phenoxy) is 2. The first-order valence-corrected chi connectivity index (χ1v) is 4.69. The molecule has 0 unspecified atom stereocenters. The molecule has 1 rings (SSSR count). The Morgan fingerprint density at radius 1 is 1.43 bits per heavy atom. The van der Waals surface area contributed by atoms with Crippen LogP contribution in [0.2, 0.25) is 5.02 Å². The third-order valence-electron chi connectivity index (χ3n) is 1.75. The maximum Gasteiger partial charge on any atom is 0.120 e. The van der Waals surface area contributed by atoms with Crippen molar-refractivity contribution in [2.75, 3.05) is 20.3 Å². The molecule has 1 aromatic carbocycles. The lowest BCUT2D eigenvalue weighted by Gasteiger charge is -2.06. The van der Waals surface area contributed by atoms with E-state index in [1.807, 2.05) is 12.1 Å². The predicted octanol–water partition coefficient (Wildman–Crippen LogP) is 3.01. The summed E-state index contributed by atoms with van der Waals surface area (Å²) in [4.78, 5) is 0. The number of halogens is 1. The molecule has 0 radical (unpaired) electrons. The molecule has 0 amide bonds. The molecule has 0 aliphatic rings. The van der Waals surface area contributed by atoms with E-state index in [1.54, 1.807) is 19.3 Å². The van der Waals surface area contributed by atoms with E-state index < -0.39 is 0 Å². The van der Waals surface area contributed by atoms with E-state index in [9.17, 15) is 0 Å². The molecule has 0 aliphatic carbocycles. The van der Waals surface area contributed by atoms with Crippen LogP contribution < -0.4 is 4.74 Å². The summed E-state index contributed by atoms with van der Waals surface area (Å²) in [5.41, 5.74) is 0.908. The van der Waals surface area contributed by atoms with E-state index in [-0.39, 0.29) is 0 Å². The SMILES string of the molecule is C=Cc1ccc(OCCOC)cc1Cl. The highest BCUT2D eigenvalue weighted by Crippen LogP contribution is 2.23. The minimum Gasteiger partial charge on any atom is -0.491 e. The Labute approximate surface area is 89.1 Å². The molecular formula is C11H13ClO2. The Hall–Kier alpha value is -0.990. The van der Waals surface area contributed by atoms with Gasteiger partial charge in [0.2, 0.25) is 0 Å². The molecule has 0 aliphatic heterocycles. The van der Waals surface area contributed by atoms with Crippen molar-refractivity contribution in [2.45, 2.75) is 0 Å². The van der Waals surface area contributed by atoms with Gasteiger partial charge in [0.1, 0.15) is 12.4 Å². The first kappa shape index (κ1) is 11.1. The van der Waals surface area contributed by atoms with Crippen LogP contribution in [0.25, 0.3) is 6.08 Å². The molecule has 2 nitrogen and oxygen atoms in total. The Kier molecular flexibility index (Phi) is 4.50. The quantitative estimate of drug-likeness (QED) is 0.699. The van der Waals surface area contributed by atoms with E-state index >= 15 is 0 Å². The van der Waals surface area contributed by atoms with Crippen LogP contribution in [0.5, 0.6) is 5.75 Å². The van der Waals surface area contributed by atoms with Gasteiger partial charge in [0, 0.05) is 7.11 Å². The predicted molar refractivity (Wildman–Crippen MR) is 58.9 cm³/mol. The smallest absolute Gasteiger partial charge is 0.120 e. The number of hydrogen-bond donors (Lipinski definition) is 0. The molecule has 0 fully saturated rings. The first-order valence-electron chi connectivity index (χ1n) is 4.31. The van der Waals surface area contributed by atoms with Crippen molar-refractivity contribution in [2.24, 2.45) is 0 Å². The van der Waals surface area contributed by atoms with Gasteiger partial charge in [-0.3, -0.25) is 0 Å². The fourth-order valence-corrected chi connectivity index (χ4v) is 1.25. The van der Waals surface area contributed by atoms with E-state index in [4.69, 9.17) is 21.1 Å². The summed E-state index contributed by atoms with van der Waals surface area (Å²) < 4.78 is 10.2. The van der Waals surface area contributed by atoms with Crippen LogP contribution in [-0.2, 0) is 4.74 Å². The van der Waals surface area contributed by atoms with Crippen LogP contribution in [-0.4, -0.2) is 20.3 Å². The maximum atomic E-state index is 5.96. The third-order valence-corrected chi connectivity index (χ3v) is 2.08. The normalized spacial score (nSPS) is 9.86. The Morgan fingerprint density at radius 3 is 2.79 bits per heavy atom. The molecule has 0 N–H and O–H groups in total. The second-order valence-corrected chi connectivity index (χ2v) is 3.14. The zero-order valence-corrected chi connectivity index (χ0v) is 8.88. The van der Waals surface area contributed by atoms with Gasteiger partial charge in [-0.25, -0.2) is 0 Å². The van der Waals surface area contributed by atoms with E-state index in [1.165, 1.54) is 0 Å². The van der Waals surface area contributed by atoms with Crippen molar-refractivity contribution >= 4 is 17.7 Å². The minimum atomic E-state index is 0.528. The topological polar surface area (TPSA) is 18.5 Å². The van der Waals surface area contributed by atoms with E-state index in [2.05, 4.69) is 6.58 Å². The summed E-state index contributed by atoms with van der Waals surface area (Å²) >= 11 is 5.96. The Balaban J connectivity index is 2.62. The van der Waals surface area contributed by atoms with Crippen LogP contribution in [0, 0.1) is 0 Å². The van der Waals surface area contributed by atoms with Crippen LogP contribution in [0.4, 0.5) is 0 Å². The lowest BCUT2D eigenvalue weighted by molar-refractivity contribution is 0.146. The van der Waals surface area contributed by atoms with Crippen molar-refractivity contribution in [3.05, 3.63) is 35.4 Å². The van der Waals surface area contributed by atoms with Gasteiger partial charge in [0.25, 0.3) is 0 Å². The highest BCUT2D eigenvalue weighted by Gasteiger charge is 1.99. The lowest BCUT2D eigenvalue weighted by Crippen LogP contribution is -2.04. The third kappa shape index (κ3) is 3.05. The number of benzene rings is 1. The van der Waals surface area contributed by atoms with E-state index in [0.717, 1.165) is 11.3 Å². The van der Waals surface area contributed by atoms with Crippen LogP contribution >= 0.6 is 11.6 Å². The molecule has 14 heavy (non-hydrogen) atoms. The van der Waals surface area contributed by atoms with Crippen LogP contribution in [0.1, 0.15) is 5.56 Å². The van der Waals surface area contributed by atoms with Crippen molar-refractivity contribution in [3.8, 4) is 5.75 Å². The maximum absolute atomic E-state index is 5.96. The zero-order valence-electron chi connectivity index (χ0n) is 8.13. The van der Waals surface area contributed by atoms with Crippen molar-refractivity contribution in [3.63, 3.8) is 0 Å². The number of rotatable bonds is 5. The van der Waals surface area contributed by atoms with Gasteiger partial charge in [-0.05, 0) is 23.8 Å². The zero-order chi connectivity index (χ0) is 10.4. The van der Waals surface area contributed by atoms with Gasteiger partial charge >= 0.3 is 0 Å². The van der Waals surface area contributed by atoms with Gasteiger partial charge in [0.05, 0.1) is 11.6 Å². The summed E-state index contributed by atoms with van der Waals surface area (Å²) in [6, 6.07) is 5.50. The molecule has 0 spiro atoms. The molecular weight excluding hydrogens is 200 g/mol. The number of hydrogen-bond acceptors (Lipinski definition) is 2. The summed E-state index contributed by atoms with van der Waals surface area (Å²) in [7, 11) is 1.64. The van der Waals surface area contributed by atoms with Gasteiger partial charge in [0.15, 0.2) is 0 Å². The van der Waals surface area contributed by atoms with Gasteiger partial charge in [-0.2, -0.15) is 0 Å². The average molecular weight is 213 g/mol. The Bertz CT molecular complexity index is 310. The largest absolute Gasteiger partial charge is 0.491 e. The van der Waals surface area contributed by atoms with Crippen molar-refractivity contribution < 1.29 is 9.47 Å². The lowest BCUT2D eigenvalue weighted by atomic mass is 10.2.